The number of aryl methyl sites for hydroxylation is 2. The van der Waals surface area contributed by atoms with Crippen LogP contribution < -0.4 is 5.32 Å². The van der Waals surface area contributed by atoms with Gasteiger partial charge in [-0.25, -0.2) is 4.98 Å². The lowest BCUT2D eigenvalue weighted by Crippen LogP contribution is -2.30. The molecule has 0 radical (unpaired) electrons. The molecular formula is C12H18N6O. The van der Waals surface area contributed by atoms with Gasteiger partial charge >= 0.3 is 0 Å². The molecule has 7 heteroatoms. The van der Waals surface area contributed by atoms with Crippen molar-refractivity contribution < 1.29 is 4.79 Å². The summed E-state index contributed by atoms with van der Waals surface area (Å²) in [7, 11) is 1.82. The third-order valence-corrected chi connectivity index (χ3v) is 2.93. The molecule has 0 aromatic carbocycles. The fourth-order valence-electron chi connectivity index (χ4n) is 1.89. The summed E-state index contributed by atoms with van der Waals surface area (Å²) in [5.41, 5.74) is 0. The van der Waals surface area contributed by atoms with Crippen LogP contribution in [0.2, 0.25) is 0 Å². The topological polar surface area (TPSA) is 77.6 Å². The standard InChI is InChI=1S/C12H18N6O/c1-3-10(12-13-9-15-17(12)2)16-11(19)5-8-18-7-4-6-14-18/h4,6-7,9-10H,3,5,8H2,1-2H3,(H,16,19)/t10-/m0/s1. The number of hydrogen-bond acceptors (Lipinski definition) is 4. The van der Waals surface area contributed by atoms with Gasteiger partial charge in [-0.15, -0.1) is 0 Å². The van der Waals surface area contributed by atoms with E-state index in [1.165, 1.54) is 6.33 Å². The minimum Gasteiger partial charge on any atom is -0.346 e. The third kappa shape index (κ3) is 3.40. The summed E-state index contributed by atoms with van der Waals surface area (Å²) in [5.74, 6) is 0.764. The Morgan fingerprint density at radius 1 is 1.47 bits per heavy atom. The molecule has 1 N–H and O–H groups in total. The molecule has 0 aliphatic heterocycles. The van der Waals surface area contributed by atoms with E-state index >= 15 is 0 Å². The Morgan fingerprint density at radius 2 is 2.32 bits per heavy atom. The number of nitrogens with one attached hydrogen (secondary N) is 1. The van der Waals surface area contributed by atoms with Crippen LogP contribution in [0.25, 0.3) is 0 Å². The van der Waals surface area contributed by atoms with E-state index < -0.39 is 0 Å². The molecule has 2 aromatic rings. The Labute approximate surface area is 111 Å². The number of carbonyl (C=O) groups is 1. The SMILES string of the molecule is CC[C@H](NC(=O)CCn1cccn1)c1ncnn1C. The van der Waals surface area contributed by atoms with Crippen LogP contribution >= 0.6 is 0 Å². The Balaban J connectivity index is 1.88. The second kappa shape index (κ2) is 6.12. The fourth-order valence-corrected chi connectivity index (χ4v) is 1.89. The van der Waals surface area contributed by atoms with Crippen molar-refractivity contribution in [3.05, 3.63) is 30.6 Å². The summed E-state index contributed by atoms with van der Waals surface area (Å²) < 4.78 is 3.42. The lowest BCUT2D eigenvalue weighted by atomic mass is 10.2. The van der Waals surface area contributed by atoms with E-state index in [0.29, 0.717) is 13.0 Å². The molecule has 0 saturated carbocycles. The lowest BCUT2D eigenvalue weighted by Gasteiger charge is -2.16. The highest BCUT2D eigenvalue weighted by molar-refractivity contribution is 5.76. The number of amides is 1. The van der Waals surface area contributed by atoms with Gasteiger partial charge < -0.3 is 5.32 Å². The Bertz CT molecular complexity index is 518. The van der Waals surface area contributed by atoms with E-state index in [1.807, 2.05) is 26.2 Å². The van der Waals surface area contributed by atoms with Gasteiger partial charge in [0, 0.05) is 32.4 Å². The van der Waals surface area contributed by atoms with Gasteiger partial charge in [0.15, 0.2) is 0 Å². The Morgan fingerprint density at radius 3 is 2.89 bits per heavy atom. The summed E-state index contributed by atoms with van der Waals surface area (Å²) >= 11 is 0. The number of nitrogens with zero attached hydrogens (tertiary/aromatic N) is 5. The molecule has 0 aliphatic carbocycles. The molecule has 2 heterocycles. The molecule has 0 fully saturated rings. The van der Waals surface area contributed by atoms with E-state index in [2.05, 4.69) is 20.5 Å². The van der Waals surface area contributed by atoms with Crippen LogP contribution in [-0.2, 0) is 18.4 Å². The van der Waals surface area contributed by atoms with Crippen molar-refractivity contribution in [2.45, 2.75) is 32.4 Å². The first-order valence-corrected chi connectivity index (χ1v) is 6.31. The molecule has 102 valence electrons. The molecule has 1 atom stereocenters. The van der Waals surface area contributed by atoms with Crippen molar-refractivity contribution in [1.29, 1.82) is 0 Å². The molecule has 0 aliphatic rings. The van der Waals surface area contributed by atoms with Crippen LogP contribution in [0.3, 0.4) is 0 Å². The molecule has 0 saturated heterocycles. The maximum atomic E-state index is 11.9. The van der Waals surface area contributed by atoms with Crippen LogP contribution in [-0.4, -0.2) is 30.5 Å². The van der Waals surface area contributed by atoms with Crippen molar-refractivity contribution in [3.63, 3.8) is 0 Å². The highest BCUT2D eigenvalue weighted by atomic mass is 16.1. The quantitative estimate of drug-likeness (QED) is 0.830. The molecule has 2 aromatic heterocycles. The first-order chi connectivity index (χ1) is 9.20. The lowest BCUT2D eigenvalue weighted by molar-refractivity contribution is -0.122. The summed E-state index contributed by atoms with van der Waals surface area (Å²) in [6.07, 6.45) is 6.21. The molecule has 0 unspecified atom stereocenters. The van der Waals surface area contributed by atoms with Gasteiger partial charge in [0.25, 0.3) is 0 Å². The van der Waals surface area contributed by atoms with Gasteiger partial charge in [0.1, 0.15) is 12.2 Å². The van der Waals surface area contributed by atoms with Crippen LogP contribution in [0.15, 0.2) is 24.8 Å². The van der Waals surface area contributed by atoms with Crippen LogP contribution in [0.4, 0.5) is 0 Å². The van der Waals surface area contributed by atoms with Gasteiger partial charge in [-0.05, 0) is 12.5 Å². The van der Waals surface area contributed by atoms with E-state index in [1.54, 1.807) is 15.6 Å². The van der Waals surface area contributed by atoms with Gasteiger partial charge in [-0.1, -0.05) is 6.92 Å². The average Bonchev–Trinajstić information content (AvgIpc) is 3.05. The molecule has 1 amide bonds. The van der Waals surface area contributed by atoms with Crippen molar-refractivity contribution in [2.24, 2.45) is 7.05 Å². The second-order valence-electron chi connectivity index (χ2n) is 4.29. The molecule has 19 heavy (non-hydrogen) atoms. The third-order valence-electron chi connectivity index (χ3n) is 2.93. The van der Waals surface area contributed by atoms with Gasteiger partial charge in [-0.2, -0.15) is 10.2 Å². The number of carbonyl (C=O) groups excluding carboxylic acids is 1. The Kier molecular flexibility index (Phi) is 4.27. The summed E-state index contributed by atoms with van der Waals surface area (Å²) in [6.45, 7) is 2.58. The fraction of sp³-hybridized carbons (Fsp3) is 0.500. The van der Waals surface area contributed by atoms with Gasteiger partial charge in [-0.3, -0.25) is 14.2 Å². The number of aromatic nitrogens is 5. The smallest absolute Gasteiger partial charge is 0.222 e. The zero-order chi connectivity index (χ0) is 13.7. The maximum absolute atomic E-state index is 11.9. The number of hydrogen-bond donors (Lipinski definition) is 1. The van der Waals surface area contributed by atoms with Gasteiger partial charge in [0.05, 0.1) is 6.04 Å². The molecule has 2 rings (SSSR count). The molecular weight excluding hydrogens is 244 g/mol. The van der Waals surface area contributed by atoms with E-state index in [9.17, 15) is 4.79 Å². The zero-order valence-electron chi connectivity index (χ0n) is 11.2. The predicted molar refractivity (Wildman–Crippen MR) is 69.0 cm³/mol. The minimum absolute atomic E-state index is 0.00894. The van der Waals surface area contributed by atoms with Crippen molar-refractivity contribution >= 4 is 5.91 Å². The first-order valence-electron chi connectivity index (χ1n) is 6.31. The monoisotopic (exact) mass is 262 g/mol. The summed E-state index contributed by atoms with van der Waals surface area (Å²) in [5, 5.41) is 11.1. The van der Waals surface area contributed by atoms with Gasteiger partial charge in [0.2, 0.25) is 5.91 Å². The second-order valence-corrected chi connectivity index (χ2v) is 4.29. The largest absolute Gasteiger partial charge is 0.346 e. The van der Waals surface area contributed by atoms with E-state index in [0.717, 1.165) is 12.2 Å². The van der Waals surface area contributed by atoms with E-state index in [-0.39, 0.29) is 11.9 Å². The van der Waals surface area contributed by atoms with Crippen molar-refractivity contribution in [2.75, 3.05) is 0 Å². The highest BCUT2D eigenvalue weighted by Crippen LogP contribution is 2.12. The maximum Gasteiger partial charge on any atom is 0.222 e. The predicted octanol–water partition coefficient (Wildman–Crippen LogP) is 0.669. The number of rotatable bonds is 6. The normalized spacial score (nSPS) is 12.3. The Hall–Kier alpha value is -2.18. The average molecular weight is 262 g/mol. The zero-order valence-corrected chi connectivity index (χ0v) is 11.2. The van der Waals surface area contributed by atoms with Crippen LogP contribution in [0.1, 0.15) is 31.6 Å². The van der Waals surface area contributed by atoms with E-state index in [4.69, 9.17) is 0 Å². The van der Waals surface area contributed by atoms with Crippen molar-refractivity contribution in [3.8, 4) is 0 Å². The summed E-state index contributed by atoms with van der Waals surface area (Å²) in [4.78, 5) is 16.1. The first kappa shape index (κ1) is 13.3. The summed E-state index contributed by atoms with van der Waals surface area (Å²) in [6, 6.07) is 1.74. The minimum atomic E-state index is -0.0994. The molecule has 0 bridgehead atoms. The molecule has 0 spiro atoms. The highest BCUT2D eigenvalue weighted by Gasteiger charge is 2.16. The van der Waals surface area contributed by atoms with Crippen LogP contribution in [0.5, 0.6) is 0 Å². The molecule has 7 nitrogen and oxygen atoms in total. The van der Waals surface area contributed by atoms with Crippen molar-refractivity contribution in [1.82, 2.24) is 29.9 Å². The van der Waals surface area contributed by atoms with Crippen LogP contribution in [0, 0.1) is 0 Å².